The summed E-state index contributed by atoms with van der Waals surface area (Å²) in [4.78, 5) is 17.8. The SMILES string of the molecule is CCCc1c(C)ccc(C)c1OP(O)O. The van der Waals surface area contributed by atoms with Gasteiger partial charge >= 0.3 is 8.60 Å². The Morgan fingerprint density at radius 2 is 1.80 bits per heavy atom. The monoisotopic (exact) mass is 228 g/mol. The minimum Gasteiger partial charge on any atom is -0.426 e. The van der Waals surface area contributed by atoms with Crippen molar-refractivity contribution in [2.24, 2.45) is 0 Å². The van der Waals surface area contributed by atoms with Crippen LogP contribution >= 0.6 is 8.60 Å². The first-order valence-electron chi connectivity index (χ1n) is 5.01. The van der Waals surface area contributed by atoms with E-state index in [9.17, 15) is 0 Å². The van der Waals surface area contributed by atoms with E-state index in [-0.39, 0.29) is 0 Å². The van der Waals surface area contributed by atoms with Crippen LogP contribution in [0, 0.1) is 13.8 Å². The summed E-state index contributed by atoms with van der Waals surface area (Å²) in [6.45, 7) is 6.01. The molecule has 3 nitrogen and oxygen atoms in total. The smallest absolute Gasteiger partial charge is 0.391 e. The molecule has 2 N–H and O–H groups in total. The van der Waals surface area contributed by atoms with Crippen LogP contribution in [0.15, 0.2) is 12.1 Å². The number of hydrogen-bond donors (Lipinski definition) is 2. The maximum atomic E-state index is 8.91. The number of rotatable bonds is 4. The highest BCUT2D eigenvalue weighted by atomic mass is 31.2. The molecule has 1 aromatic carbocycles. The number of hydrogen-bond acceptors (Lipinski definition) is 3. The van der Waals surface area contributed by atoms with Crippen LogP contribution in [0.25, 0.3) is 0 Å². The van der Waals surface area contributed by atoms with Crippen molar-refractivity contribution in [2.45, 2.75) is 33.6 Å². The van der Waals surface area contributed by atoms with E-state index in [0.29, 0.717) is 5.75 Å². The molecule has 0 aliphatic heterocycles. The Morgan fingerprint density at radius 3 is 2.33 bits per heavy atom. The van der Waals surface area contributed by atoms with Gasteiger partial charge in [0.15, 0.2) is 0 Å². The van der Waals surface area contributed by atoms with Crippen LogP contribution in [0.3, 0.4) is 0 Å². The second-order valence-electron chi connectivity index (χ2n) is 3.60. The molecule has 0 spiro atoms. The number of aryl methyl sites for hydroxylation is 2. The molecule has 0 atom stereocenters. The fourth-order valence-corrected chi connectivity index (χ4v) is 2.03. The molecule has 4 heteroatoms. The van der Waals surface area contributed by atoms with Gasteiger partial charge in [0.05, 0.1) is 0 Å². The van der Waals surface area contributed by atoms with E-state index < -0.39 is 8.60 Å². The van der Waals surface area contributed by atoms with Gasteiger partial charge in [-0.25, -0.2) is 0 Å². The summed E-state index contributed by atoms with van der Waals surface area (Å²) in [6, 6.07) is 3.97. The summed E-state index contributed by atoms with van der Waals surface area (Å²) < 4.78 is 5.09. The van der Waals surface area contributed by atoms with Gasteiger partial charge in [-0.1, -0.05) is 25.5 Å². The summed E-state index contributed by atoms with van der Waals surface area (Å²) >= 11 is 0. The molecule has 0 fully saturated rings. The third kappa shape index (κ3) is 3.16. The lowest BCUT2D eigenvalue weighted by Gasteiger charge is -2.15. The summed E-state index contributed by atoms with van der Waals surface area (Å²) in [7, 11) is -2.33. The van der Waals surface area contributed by atoms with Gasteiger partial charge in [-0.05, 0) is 37.0 Å². The van der Waals surface area contributed by atoms with E-state index in [4.69, 9.17) is 14.3 Å². The van der Waals surface area contributed by atoms with Crippen LogP contribution < -0.4 is 4.52 Å². The predicted molar refractivity (Wildman–Crippen MR) is 61.9 cm³/mol. The Balaban J connectivity index is 3.12. The second kappa shape index (κ2) is 5.45. The normalized spacial score (nSPS) is 10.8. The highest BCUT2D eigenvalue weighted by Crippen LogP contribution is 2.36. The van der Waals surface area contributed by atoms with Crippen molar-refractivity contribution in [1.29, 1.82) is 0 Å². The van der Waals surface area contributed by atoms with Gasteiger partial charge in [-0.2, -0.15) is 0 Å². The first-order chi connectivity index (χ1) is 7.06. The lowest BCUT2D eigenvalue weighted by molar-refractivity contribution is 0.372. The zero-order valence-electron chi connectivity index (χ0n) is 9.32. The third-order valence-corrected chi connectivity index (χ3v) is 2.71. The Labute approximate surface area is 91.7 Å². The molecule has 0 radical (unpaired) electrons. The van der Waals surface area contributed by atoms with E-state index in [1.165, 1.54) is 0 Å². The highest BCUT2D eigenvalue weighted by Gasteiger charge is 2.13. The molecule has 0 aliphatic carbocycles. The third-order valence-electron chi connectivity index (χ3n) is 2.36. The molecule has 1 rings (SSSR count). The standard InChI is InChI=1S/C11H17O3P/c1-4-5-10-8(2)6-7-9(3)11(10)14-15(12)13/h6-7,12-13H,4-5H2,1-3H3. The molecule has 0 heterocycles. The van der Waals surface area contributed by atoms with E-state index in [0.717, 1.165) is 29.5 Å². The number of benzene rings is 1. The predicted octanol–water partition coefficient (Wildman–Crippen LogP) is 2.85. The van der Waals surface area contributed by atoms with Gasteiger partial charge in [0.1, 0.15) is 5.75 Å². The highest BCUT2D eigenvalue weighted by molar-refractivity contribution is 7.39. The van der Waals surface area contributed by atoms with Crippen LogP contribution in [-0.2, 0) is 6.42 Å². The first kappa shape index (κ1) is 12.4. The zero-order chi connectivity index (χ0) is 11.4. The first-order valence-corrected chi connectivity index (χ1v) is 6.17. The summed E-state index contributed by atoms with van der Waals surface area (Å²) in [5, 5.41) is 0. The van der Waals surface area contributed by atoms with Gasteiger partial charge < -0.3 is 14.3 Å². The average Bonchev–Trinajstić information content (AvgIpc) is 2.17. The van der Waals surface area contributed by atoms with E-state index >= 15 is 0 Å². The van der Waals surface area contributed by atoms with E-state index in [2.05, 4.69) is 6.92 Å². The fraction of sp³-hybridized carbons (Fsp3) is 0.455. The molecule has 0 saturated carbocycles. The minimum atomic E-state index is -2.33. The molecule has 1 aromatic rings. The van der Waals surface area contributed by atoms with Crippen molar-refractivity contribution in [3.05, 3.63) is 28.8 Å². The maximum Gasteiger partial charge on any atom is 0.391 e. The molecule has 84 valence electrons. The molecule has 0 aliphatic rings. The lowest BCUT2D eigenvalue weighted by atomic mass is 10.0. The topological polar surface area (TPSA) is 49.7 Å². The molecule has 0 bridgehead atoms. The summed E-state index contributed by atoms with van der Waals surface area (Å²) in [5.74, 6) is 0.632. The minimum absolute atomic E-state index is 0.632. The molecule has 0 aromatic heterocycles. The Morgan fingerprint density at radius 1 is 1.20 bits per heavy atom. The average molecular weight is 228 g/mol. The van der Waals surface area contributed by atoms with Gasteiger partial charge in [0.2, 0.25) is 0 Å². The fourth-order valence-electron chi connectivity index (χ4n) is 1.61. The van der Waals surface area contributed by atoms with E-state index in [1.54, 1.807) is 0 Å². The van der Waals surface area contributed by atoms with Crippen molar-refractivity contribution < 1.29 is 14.3 Å². The summed E-state index contributed by atoms with van der Waals surface area (Å²) in [6.07, 6.45) is 1.90. The van der Waals surface area contributed by atoms with Gasteiger partial charge in [-0.15, -0.1) is 0 Å². The van der Waals surface area contributed by atoms with E-state index in [1.807, 2.05) is 26.0 Å². The molecular weight excluding hydrogens is 211 g/mol. The molecule has 15 heavy (non-hydrogen) atoms. The molecule has 0 unspecified atom stereocenters. The van der Waals surface area contributed by atoms with Crippen LogP contribution in [-0.4, -0.2) is 9.79 Å². The Kier molecular flexibility index (Phi) is 4.52. The van der Waals surface area contributed by atoms with Gasteiger partial charge in [0.25, 0.3) is 0 Å². The Bertz CT molecular complexity index is 337. The van der Waals surface area contributed by atoms with Crippen molar-refractivity contribution in [1.82, 2.24) is 0 Å². The van der Waals surface area contributed by atoms with Crippen molar-refractivity contribution in [3.8, 4) is 5.75 Å². The van der Waals surface area contributed by atoms with Crippen molar-refractivity contribution in [3.63, 3.8) is 0 Å². The lowest BCUT2D eigenvalue weighted by Crippen LogP contribution is -1.98. The largest absolute Gasteiger partial charge is 0.426 e. The second-order valence-corrected chi connectivity index (χ2v) is 4.29. The quantitative estimate of drug-likeness (QED) is 0.779. The maximum absolute atomic E-state index is 8.91. The summed E-state index contributed by atoms with van der Waals surface area (Å²) in [5.41, 5.74) is 3.15. The van der Waals surface area contributed by atoms with Crippen molar-refractivity contribution >= 4 is 8.60 Å². The molecular formula is C11H17O3P. The van der Waals surface area contributed by atoms with Crippen LogP contribution in [0.1, 0.15) is 30.0 Å². The van der Waals surface area contributed by atoms with Gasteiger partial charge in [0, 0.05) is 0 Å². The van der Waals surface area contributed by atoms with Crippen LogP contribution in [0.2, 0.25) is 0 Å². The zero-order valence-corrected chi connectivity index (χ0v) is 10.2. The Hall–Kier alpha value is -0.630. The van der Waals surface area contributed by atoms with Crippen LogP contribution in [0.4, 0.5) is 0 Å². The van der Waals surface area contributed by atoms with Crippen molar-refractivity contribution in [2.75, 3.05) is 0 Å². The molecule has 0 amide bonds. The van der Waals surface area contributed by atoms with Gasteiger partial charge in [-0.3, -0.25) is 0 Å². The van der Waals surface area contributed by atoms with Crippen LogP contribution in [0.5, 0.6) is 5.75 Å². The molecule has 0 saturated heterocycles.